The third kappa shape index (κ3) is 8.41. The number of benzene rings is 1. The number of aromatic carboxylic acids is 2. The highest BCUT2D eigenvalue weighted by molar-refractivity contribution is 5.91. The molecule has 0 saturated carbocycles. The van der Waals surface area contributed by atoms with Gasteiger partial charge in [-0.25, -0.2) is 9.59 Å². The average Bonchev–Trinajstić information content (AvgIpc) is 2.31. The lowest BCUT2D eigenvalue weighted by Gasteiger charge is -1.94. The van der Waals surface area contributed by atoms with Gasteiger partial charge in [0.25, 0.3) is 12.9 Å². The maximum Gasteiger partial charge on any atom is 0.335 e. The summed E-state index contributed by atoms with van der Waals surface area (Å²) in [4.78, 5) is 37.4. The molecule has 0 aliphatic heterocycles. The lowest BCUT2D eigenvalue weighted by atomic mass is 10.1. The van der Waals surface area contributed by atoms with Crippen LogP contribution >= 0.6 is 0 Å². The summed E-state index contributed by atoms with van der Waals surface area (Å²) in [6, 6.07) is 5.02. The van der Waals surface area contributed by atoms with Gasteiger partial charge < -0.3 is 20.4 Å². The van der Waals surface area contributed by atoms with Gasteiger partial charge in [-0.1, -0.05) is 0 Å². The summed E-state index contributed by atoms with van der Waals surface area (Å²) < 4.78 is 0. The first-order chi connectivity index (χ1) is 8.44. The van der Waals surface area contributed by atoms with Crippen LogP contribution in [0.15, 0.2) is 24.3 Å². The van der Waals surface area contributed by atoms with Crippen molar-refractivity contribution in [2.75, 3.05) is 0 Å². The van der Waals surface area contributed by atoms with E-state index in [1.807, 2.05) is 0 Å². The highest BCUT2D eigenvalue weighted by Crippen LogP contribution is 2.03. The number of carboxylic acid groups (broad SMARTS) is 4. The molecule has 8 nitrogen and oxygen atoms in total. The zero-order chi connectivity index (χ0) is 14.6. The fourth-order valence-electron chi connectivity index (χ4n) is 0.755. The van der Waals surface area contributed by atoms with Gasteiger partial charge in [0.15, 0.2) is 0 Å². The van der Waals surface area contributed by atoms with Crippen molar-refractivity contribution in [1.29, 1.82) is 0 Å². The van der Waals surface area contributed by atoms with Crippen molar-refractivity contribution in [1.82, 2.24) is 0 Å². The summed E-state index contributed by atoms with van der Waals surface area (Å²) in [5.41, 5.74) is 0.167. The van der Waals surface area contributed by atoms with Crippen molar-refractivity contribution in [3.63, 3.8) is 0 Å². The Kier molecular flexibility index (Phi) is 10.3. The van der Waals surface area contributed by atoms with Crippen LogP contribution in [0.25, 0.3) is 0 Å². The molecule has 18 heavy (non-hydrogen) atoms. The van der Waals surface area contributed by atoms with Crippen LogP contribution < -0.4 is 0 Å². The van der Waals surface area contributed by atoms with Gasteiger partial charge in [-0.15, -0.1) is 0 Å². The Morgan fingerprint density at radius 2 is 0.944 bits per heavy atom. The molecule has 1 aromatic rings. The minimum Gasteiger partial charge on any atom is -0.483 e. The molecule has 1 aromatic carbocycles. The minimum atomic E-state index is -1.06. The van der Waals surface area contributed by atoms with Crippen molar-refractivity contribution < 1.29 is 39.6 Å². The molecule has 0 aliphatic rings. The highest BCUT2D eigenvalue weighted by Gasteiger charge is 2.04. The van der Waals surface area contributed by atoms with Crippen LogP contribution in [0.2, 0.25) is 0 Å². The molecule has 0 aromatic heterocycles. The SMILES string of the molecule is O=C(O)c1ccc(C(=O)O)cc1.O=CO.O=CO. The van der Waals surface area contributed by atoms with Crippen molar-refractivity contribution in [2.45, 2.75) is 0 Å². The second-order valence-corrected chi connectivity index (χ2v) is 2.40. The zero-order valence-electron chi connectivity index (χ0n) is 8.89. The molecule has 0 atom stereocenters. The van der Waals surface area contributed by atoms with Crippen molar-refractivity contribution >= 4 is 24.9 Å². The average molecular weight is 258 g/mol. The van der Waals surface area contributed by atoms with Gasteiger partial charge in [0, 0.05) is 0 Å². The summed E-state index contributed by atoms with van der Waals surface area (Å²) in [5.74, 6) is -2.13. The van der Waals surface area contributed by atoms with Gasteiger partial charge in [0.2, 0.25) is 0 Å². The molecule has 8 heteroatoms. The maximum atomic E-state index is 10.3. The standard InChI is InChI=1S/C8H6O4.2CH2O2/c9-7(10)5-1-2-6(4-3-5)8(11)12;2*2-1-3/h1-4H,(H,9,10)(H,11,12);2*1H,(H,2,3). The molecule has 0 saturated heterocycles. The number of rotatable bonds is 2. The van der Waals surface area contributed by atoms with Gasteiger partial charge in [-0.05, 0) is 24.3 Å². The van der Waals surface area contributed by atoms with E-state index in [1.165, 1.54) is 24.3 Å². The summed E-state index contributed by atoms with van der Waals surface area (Å²) >= 11 is 0. The van der Waals surface area contributed by atoms with E-state index in [0.717, 1.165) is 0 Å². The first-order valence-corrected chi connectivity index (χ1v) is 4.16. The van der Waals surface area contributed by atoms with E-state index < -0.39 is 11.9 Å². The quantitative estimate of drug-likeness (QED) is 0.559. The van der Waals surface area contributed by atoms with E-state index in [9.17, 15) is 9.59 Å². The lowest BCUT2D eigenvalue weighted by Crippen LogP contribution is -1.99. The maximum absolute atomic E-state index is 10.3. The van der Waals surface area contributed by atoms with Crippen molar-refractivity contribution in [3.8, 4) is 0 Å². The fourth-order valence-corrected chi connectivity index (χ4v) is 0.755. The third-order valence-electron chi connectivity index (χ3n) is 1.38. The van der Waals surface area contributed by atoms with Crippen LogP contribution in [-0.4, -0.2) is 45.3 Å². The molecule has 0 bridgehead atoms. The van der Waals surface area contributed by atoms with Crippen LogP contribution in [0.3, 0.4) is 0 Å². The van der Waals surface area contributed by atoms with E-state index in [4.69, 9.17) is 30.0 Å². The van der Waals surface area contributed by atoms with Crippen molar-refractivity contribution in [2.24, 2.45) is 0 Å². The van der Waals surface area contributed by atoms with Crippen molar-refractivity contribution in [3.05, 3.63) is 35.4 Å². The Hall–Kier alpha value is -2.90. The molecular weight excluding hydrogens is 248 g/mol. The molecule has 98 valence electrons. The molecule has 0 fully saturated rings. The summed E-state index contributed by atoms with van der Waals surface area (Å²) in [7, 11) is 0. The summed E-state index contributed by atoms with van der Waals surface area (Å²) in [6.45, 7) is -0.500. The Bertz CT molecular complexity index is 356. The first kappa shape index (κ1) is 17.5. The normalized spacial score (nSPS) is 7.56. The fraction of sp³-hybridized carbons (Fsp3) is 0. The zero-order valence-corrected chi connectivity index (χ0v) is 8.89. The number of carbonyl (C=O) groups is 4. The highest BCUT2D eigenvalue weighted by atomic mass is 16.4. The van der Waals surface area contributed by atoms with Gasteiger partial charge in [-0.3, -0.25) is 9.59 Å². The molecular formula is C10H10O8. The van der Waals surface area contributed by atoms with E-state index in [2.05, 4.69) is 0 Å². The third-order valence-corrected chi connectivity index (χ3v) is 1.38. The number of carboxylic acids is 2. The second kappa shape index (κ2) is 10.6. The number of hydrogen-bond donors (Lipinski definition) is 4. The molecule has 0 unspecified atom stereocenters. The number of hydrogen-bond acceptors (Lipinski definition) is 4. The van der Waals surface area contributed by atoms with Gasteiger partial charge in [-0.2, -0.15) is 0 Å². The second-order valence-electron chi connectivity index (χ2n) is 2.40. The first-order valence-electron chi connectivity index (χ1n) is 4.16. The summed E-state index contributed by atoms with van der Waals surface area (Å²) in [5, 5.41) is 30.7. The lowest BCUT2D eigenvalue weighted by molar-refractivity contribution is -0.123. The van der Waals surface area contributed by atoms with E-state index in [1.54, 1.807) is 0 Å². The molecule has 0 heterocycles. The van der Waals surface area contributed by atoms with Crippen LogP contribution in [0, 0.1) is 0 Å². The van der Waals surface area contributed by atoms with Gasteiger partial charge in [0.1, 0.15) is 0 Å². The van der Waals surface area contributed by atoms with E-state index in [-0.39, 0.29) is 24.1 Å². The Labute approximate surface area is 101 Å². The van der Waals surface area contributed by atoms with Crippen LogP contribution in [-0.2, 0) is 9.59 Å². The minimum absolute atomic E-state index is 0.0833. The van der Waals surface area contributed by atoms with E-state index >= 15 is 0 Å². The predicted octanol–water partition coefficient (Wildman–Crippen LogP) is 0.485. The molecule has 0 radical (unpaired) electrons. The van der Waals surface area contributed by atoms with Crippen LogP contribution in [0.4, 0.5) is 0 Å². The Morgan fingerprint density at radius 1 is 0.778 bits per heavy atom. The predicted molar refractivity (Wildman–Crippen MR) is 57.7 cm³/mol. The van der Waals surface area contributed by atoms with Crippen LogP contribution in [0.1, 0.15) is 20.7 Å². The molecule has 0 aliphatic carbocycles. The molecule has 0 spiro atoms. The Balaban J connectivity index is 0. The molecule has 4 N–H and O–H groups in total. The van der Waals surface area contributed by atoms with E-state index in [0.29, 0.717) is 0 Å². The smallest absolute Gasteiger partial charge is 0.335 e. The van der Waals surface area contributed by atoms with Crippen LogP contribution in [0.5, 0.6) is 0 Å². The topological polar surface area (TPSA) is 149 Å². The summed E-state index contributed by atoms with van der Waals surface area (Å²) in [6.07, 6.45) is 0. The van der Waals surface area contributed by atoms with Gasteiger partial charge in [0.05, 0.1) is 11.1 Å². The molecule has 0 amide bonds. The largest absolute Gasteiger partial charge is 0.483 e. The van der Waals surface area contributed by atoms with Gasteiger partial charge >= 0.3 is 11.9 Å². The Morgan fingerprint density at radius 3 is 1.06 bits per heavy atom. The monoisotopic (exact) mass is 258 g/mol. The molecule has 1 rings (SSSR count).